The minimum atomic E-state index is -0.398. The summed E-state index contributed by atoms with van der Waals surface area (Å²) in [7, 11) is 1.72. The topological polar surface area (TPSA) is 70.4 Å². The number of nitrogens with one attached hydrogen (secondary N) is 1. The van der Waals surface area contributed by atoms with Crippen molar-refractivity contribution in [3.63, 3.8) is 0 Å². The molecule has 1 aliphatic carbocycles. The van der Waals surface area contributed by atoms with Crippen molar-refractivity contribution in [2.75, 3.05) is 20.1 Å². The van der Waals surface area contributed by atoms with Crippen molar-refractivity contribution >= 4 is 17.1 Å². The van der Waals surface area contributed by atoms with Crippen molar-refractivity contribution in [1.29, 1.82) is 0 Å². The van der Waals surface area contributed by atoms with Crippen molar-refractivity contribution in [2.45, 2.75) is 32.4 Å². The lowest BCUT2D eigenvalue weighted by Gasteiger charge is -2.21. The third-order valence-electron chi connectivity index (χ3n) is 4.43. The van der Waals surface area contributed by atoms with Crippen LogP contribution in [0.4, 0.5) is 4.79 Å². The fourth-order valence-corrected chi connectivity index (χ4v) is 2.88. The highest BCUT2D eigenvalue weighted by molar-refractivity contribution is 5.76. The molecule has 0 spiro atoms. The van der Waals surface area contributed by atoms with Gasteiger partial charge in [-0.1, -0.05) is 12.1 Å². The van der Waals surface area contributed by atoms with E-state index in [4.69, 9.17) is 0 Å². The second-order valence-corrected chi connectivity index (χ2v) is 6.32. The Kier molecular flexibility index (Phi) is 4.52. The number of aryl methyl sites for hydroxylation is 1. The zero-order valence-corrected chi connectivity index (χ0v) is 13.7. The predicted octanol–water partition coefficient (Wildman–Crippen LogP) is 1.76. The molecule has 1 aliphatic rings. The first kappa shape index (κ1) is 15.8. The molecule has 1 aromatic heterocycles. The van der Waals surface area contributed by atoms with E-state index in [0.717, 1.165) is 29.7 Å². The lowest BCUT2D eigenvalue weighted by Crippen LogP contribution is -2.42. The molecule has 1 fully saturated rings. The normalized spacial score (nSPS) is 15.6. The molecule has 3 rings (SSSR count). The van der Waals surface area contributed by atoms with Gasteiger partial charge in [-0.25, -0.2) is 9.78 Å². The van der Waals surface area contributed by atoms with E-state index in [-0.39, 0.29) is 6.03 Å². The summed E-state index contributed by atoms with van der Waals surface area (Å²) in [6.07, 6.45) is 1.75. The Morgan fingerprint density at radius 2 is 2.22 bits per heavy atom. The Morgan fingerprint density at radius 1 is 1.48 bits per heavy atom. The smallest absolute Gasteiger partial charge is 0.317 e. The van der Waals surface area contributed by atoms with Gasteiger partial charge in [0.25, 0.3) is 0 Å². The molecule has 0 aliphatic heterocycles. The summed E-state index contributed by atoms with van der Waals surface area (Å²) in [6.45, 7) is 3.57. The van der Waals surface area contributed by atoms with Gasteiger partial charge in [0.15, 0.2) is 0 Å². The quantitative estimate of drug-likeness (QED) is 0.853. The average molecular weight is 316 g/mol. The number of carbonyl (C=O) groups is 1. The van der Waals surface area contributed by atoms with Gasteiger partial charge in [-0.05, 0) is 37.8 Å². The summed E-state index contributed by atoms with van der Waals surface area (Å²) in [5, 5.41) is 12.8. The van der Waals surface area contributed by atoms with E-state index in [1.807, 2.05) is 31.2 Å². The van der Waals surface area contributed by atoms with Gasteiger partial charge in [-0.2, -0.15) is 0 Å². The number of para-hydroxylation sites is 2. The van der Waals surface area contributed by atoms with Crippen LogP contribution in [0.2, 0.25) is 0 Å². The fraction of sp³-hybridized carbons (Fsp3) is 0.529. The molecule has 0 saturated heterocycles. The van der Waals surface area contributed by atoms with E-state index in [1.54, 1.807) is 11.9 Å². The van der Waals surface area contributed by atoms with Gasteiger partial charge in [0, 0.05) is 26.7 Å². The maximum absolute atomic E-state index is 12.1. The maximum Gasteiger partial charge on any atom is 0.317 e. The van der Waals surface area contributed by atoms with Crippen LogP contribution in [0.15, 0.2) is 24.3 Å². The van der Waals surface area contributed by atoms with E-state index in [1.165, 1.54) is 0 Å². The van der Waals surface area contributed by atoms with Gasteiger partial charge in [0.2, 0.25) is 0 Å². The number of benzene rings is 1. The molecule has 1 aromatic carbocycles. The Bertz CT molecular complexity index is 693. The molecule has 1 heterocycles. The van der Waals surface area contributed by atoms with Crippen LogP contribution in [0.1, 0.15) is 18.7 Å². The van der Waals surface area contributed by atoms with Crippen molar-refractivity contribution in [2.24, 2.45) is 5.92 Å². The molecule has 0 bridgehead atoms. The number of imidazole rings is 1. The van der Waals surface area contributed by atoms with Gasteiger partial charge in [0.05, 0.1) is 17.1 Å². The molecular formula is C17H24N4O2. The molecule has 0 radical (unpaired) electrons. The van der Waals surface area contributed by atoms with E-state index in [0.29, 0.717) is 25.6 Å². The highest BCUT2D eigenvalue weighted by atomic mass is 16.3. The minimum absolute atomic E-state index is 0.147. The van der Waals surface area contributed by atoms with Crippen LogP contribution < -0.4 is 5.32 Å². The number of aliphatic hydroxyl groups is 1. The lowest BCUT2D eigenvalue weighted by atomic mass is 10.2. The minimum Gasteiger partial charge on any atom is -0.391 e. The number of hydrogen-bond donors (Lipinski definition) is 2. The SMILES string of the molecule is Cc1nc2ccccc2n1CCNC(=O)N(C)CC(O)C1CC1. The van der Waals surface area contributed by atoms with Crippen LogP contribution in [0, 0.1) is 12.8 Å². The Balaban J connectivity index is 1.51. The number of hydrogen-bond acceptors (Lipinski definition) is 3. The van der Waals surface area contributed by atoms with Crippen LogP contribution in [0.3, 0.4) is 0 Å². The number of amides is 2. The van der Waals surface area contributed by atoms with E-state index < -0.39 is 6.10 Å². The van der Waals surface area contributed by atoms with Crippen LogP contribution in [0.25, 0.3) is 11.0 Å². The first-order chi connectivity index (χ1) is 11.1. The highest BCUT2D eigenvalue weighted by Gasteiger charge is 2.31. The second kappa shape index (κ2) is 6.58. The van der Waals surface area contributed by atoms with Gasteiger partial charge >= 0.3 is 6.03 Å². The third kappa shape index (κ3) is 3.64. The predicted molar refractivity (Wildman–Crippen MR) is 89.2 cm³/mol. The summed E-state index contributed by atoms with van der Waals surface area (Å²) < 4.78 is 2.11. The number of rotatable bonds is 6. The molecule has 6 heteroatoms. The van der Waals surface area contributed by atoms with Crippen molar-refractivity contribution in [1.82, 2.24) is 19.8 Å². The summed E-state index contributed by atoms with van der Waals surface area (Å²) in [6, 6.07) is 7.85. The van der Waals surface area contributed by atoms with Crippen molar-refractivity contribution < 1.29 is 9.90 Å². The molecule has 23 heavy (non-hydrogen) atoms. The van der Waals surface area contributed by atoms with Crippen molar-refractivity contribution in [3.8, 4) is 0 Å². The van der Waals surface area contributed by atoms with Crippen LogP contribution in [0.5, 0.6) is 0 Å². The number of aliphatic hydroxyl groups excluding tert-OH is 1. The van der Waals surface area contributed by atoms with Crippen LogP contribution in [-0.4, -0.2) is 51.8 Å². The Hall–Kier alpha value is -2.08. The molecule has 1 atom stereocenters. The first-order valence-electron chi connectivity index (χ1n) is 8.15. The molecule has 124 valence electrons. The molecule has 6 nitrogen and oxygen atoms in total. The van der Waals surface area contributed by atoms with Crippen LogP contribution in [-0.2, 0) is 6.54 Å². The number of likely N-dealkylation sites (N-methyl/N-ethyl adjacent to an activating group) is 1. The Morgan fingerprint density at radius 3 is 2.96 bits per heavy atom. The first-order valence-corrected chi connectivity index (χ1v) is 8.15. The number of carbonyl (C=O) groups excluding carboxylic acids is 1. The molecule has 1 unspecified atom stereocenters. The molecular weight excluding hydrogens is 292 g/mol. The number of urea groups is 1. The lowest BCUT2D eigenvalue weighted by molar-refractivity contribution is 0.113. The molecule has 1 saturated carbocycles. The second-order valence-electron chi connectivity index (χ2n) is 6.32. The number of nitrogens with zero attached hydrogens (tertiary/aromatic N) is 3. The van der Waals surface area contributed by atoms with E-state index in [2.05, 4.69) is 14.9 Å². The highest BCUT2D eigenvalue weighted by Crippen LogP contribution is 2.32. The van der Waals surface area contributed by atoms with E-state index in [9.17, 15) is 9.90 Å². The van der Waals surface area contributed by atoms with Gasteiger partial charge in [-0.3, -0.25) is 0 Å². The number of aromatic nitrogens is 2. The Labute approximate surface area is 136 Å². The molecule has 2 amide bonds. The maximum atomic E-state index is 12.1. The summed E-state index contributed by atoms with van der Waals surface area (Å²) in [4.78, 5) is 18.2. The zero-order chi connectivity index (χ0) is 16.4. The largest absolute Gasteiger partial charge is 0.391 e. The third-order valence-corrected chi connectivity index (χ3v) is 4.43. The monoisotopic (exact) mass is 316 g/mol. The van der Waals surface area contributed by atoms with Gasteiger partial charge in [-0.15, -0.1) is 0 Å². The molecule has 2 aromatic rings. The standard InChI is InChI=1S/C17H24N4O2/c1-12-19-14-5-3-4-6-15(14)21(12)10-9-18-17(23)20(2)11-16(22)13-7-8-13/h3-6,13,16,22H,7-11H2,1-2H3,(H,18,23). The fourth-order valence-electron chi connectivity index (χ4n) is 2.88. The van der Waals surface area contributed by atoms with Gasteiger partial charge in [0.1, 0.15) is 5.82 Å². The summed E-state index contributed by atoms with van der Waals surface area (Å²) in [5.74, 6) is 1.32. The summed E-state index contributed by atoms with van der Waals surface area (Å²) >= 11 is 0. The van der Waals surface area contributed by atoms with Crippen LogP contribution >= 0.6 is 0 Å². The molecule has 2 N–H and O–H groups in total. The number of fused-ring (bicyclic) bond motifs is 1. The zero-order valence-electron chi connectivity index (χ0n) is 13.7. The average Bonchev–Trinajstić information content (AvgIpc) is 3.32. The van der Waals surface area contributed by atoms with E-state index >= 15 is 0 Å². The van der Waals surface area contributed by atoms with Gasteiger partial charge < -0.3 is 19.9 Å². The van der Waals surface area contributed by atoms with Crippen molar-refractivity contribution in [3.05, 3.63) is 30.1 Å². The summed E-state index contributed by atoms with van der Waals surface area (Å²) in [5.41, 5.74) is 2.05.